The zero-order chi connectivity index (χ0) is 20.3. The molecule has 3 rings (SSSR count). The summed E-state index contributed by atoms with van der Waals surface area (Å²) in [6, 6.07) is 14.0. The van der Waals surface area contributed by atoms with E-state index in [0.29, 0.717) is 11.1 Å². The van der Waals surface area contributed by atoms with Crippen LogP contribution in [0.4, 0.5) is 13.2 Å². The van der Waals surface area contributed by atoms with Gasteiger partial charge in [-0.15, -0.1) is 0 Å². The van der Waals surface area contributed by atoms with E-state index in [1.807, 2.05) is 0 Å². The monoisotopic (exact) mass is 406 g/mol. The normalized spacial score (nSPS) is 11.6. The van der Waals surface area contributed by atoms with Gasteiger partial charge in [0.25, 0.3) is 0 Å². The number of methoxy groups -OCH3 is 1. The van der Waals surface area contributed by atoms with Crippen LogP contribution < -0.4 is 4.74 Å². The number of hydrogen-bond acceptors (Lipinski definition) is 3. The molecule has 146 valence electrons. The molecule has 0 spiro atoms. The number of ether oxygens (including phenoxy) is 1. The first-order chi connectivity index (χ1) is 13.3. The topological polar surface area (TPSA) is 43.4 Å². The molecule has 0 saturated carbocycles. The van der Waals surface area contributed by atoms with Gasteiger partial charge < -0.3 is 4.74 Å². The smallest absolute Gasteiger partial charge is 0.165 e. The van der Waals surface area contributed by atoms with Crippen LogP contribution in [0, 0.1) is 17.5 Å². The lowest BCUT2D eigenvalue weighted by atomic mass is 10.0. The van der Waals surface area contributed by atoms with Crippen LogP contribution in [0.5, 0.6) is 5.75 Å². The van der Waals surface area contributed by atoms with Crippen LogP contribution in [0.3, 0.4) is 0 Å². The maximum absolute atomic E-state index is 14.0. The molecule has 0 aliphatic rings. The first-order valence-electron chi connectivity index (χ1n) is 8.35. The third-order valence-corrected chi connectivity index (χ3v) is 6.29. The average molecular weight is 406 g/mol. The highest BCUT2D eigenvalue weighted by molar-refractivity contribution is 7.91. The van der Waals surface area contributed by atoms with E-state index >= 15 is 0 Å². The van der Waals surface area contributed by atoms with Gasteiger partial charge in [-0.2, -0.15) is 0 Å². The molecule has 28 heavy (non-hydrogen) atoms. The SMILES string of the molecule is COc1ccc(CS(=O)(=O)C(c2ccc(F)cc2)c2ccc(F)cc2)cc1F. The minimum absolute atomic E-state index is 0.00904. The lowest BCUT2D eigenvalue weighted by Gasteiger charge is -2.19. The van der Waals surface area contributed by atoms with Gasteiger partial charge in [-0.3, -0.25) is 0 Å². The second kappa shape index (κ2) is 8.06. The molecule has 0 aliphatic heterocycles. The van der Waals surface area contributed by atoms with Crippen LogP contribution >= 0.6 is 0 Å². The van der Waals surface area contributed by atoms with Gasteiger partial charge in [-0.1, -0.05) is 30.3 Å². The molecule has 0 atom stereocenters. The molecule has 0 saturated heterocycles. The average Bonchev–Trinajstić information content (AvgIpc) is 2.65. The summed E-state index contributed by atoms with van der Waals surface area (Å²) in [5, 5.41) is -1.15. The zero-order valence-electron chi connectivity index (χ0n) is 14.9. The number of sulfone groups is 1. The van der Waals surface area contributed by atoms with Crippen molar-refractivity contribution in [2.45, 2.75) is 11.0 Å². The summed E-state index contributed by atoms with van der Waals surface area (Å²) >= 11 is 0. The molecule has 0 aliphatic carbocycles. The van der Waals surface area contributed by atoms with Crippen LogP contribution in [0.15, 0.2) is 66.7 Å². The Hall–Kier alpha value is -2.80. The lowest BCUT2D eigenvalue weighted by Crippen LogP contribution is -2.17. The van der Waals surface area contributed by atoms with E-state index in [0.717, 1.165) is 30.3 Å². The zero-order valence-corrected chi connectivity index (χ0v) is 15.7. The molecular weight excluding hydrogens is 389 g/mol. The highest BCUT2D eigenvalue weighted by Crippen LogP contribution is 2.33. The fraction of sp³-hybridized carbons (Fsp3) is 0.143. The van der Waals surface area contributed by atoms with E-state index in [2.05, 4.69) is 0 Å². The second-order valence-corrected chi connectivity index (χ2v) is 8.35. The van der Waals surface area contributed by atoms with E-state index in [-0.39, 0.29) is 11.3 Å². The van der Waals surface area contributed by atoms with E-state index < -0.39 is 38.3 Å². The molecule has 0 radical (unpaired) electrons. The van der Waals surface area contributed by atoms with Gasteiger partial charge in [0.05, 0.1) is 12.9 Å². The molecule has 7 heteroatoms. The second-order valence-electron chi connectivity index (χ2n) is 6.26. The quantitative estimate of drug-likeness (QED) is 0.590. The Labute approximate surface area is 161 Å². The van der Waals surface area contributed by atoms with Gasteiger partial charge in [0.15, 0.2) is 21.4 Å². The van der Waals surface area contributed by atoms with E-state index in [9.17, 15) is 21.6 Å². The Morgan fingerprint density at radius 3 is 1.75 bits per heavy atom. The molecule has 3 nitrogen and oxygen atoms in total. The van der Waals surface area contributed by atoms with Crippen LogP contribution in [0.25, 0.3) is 0 Å². The van der Waals surface area contributed by atoms with Crippen molar-refractivity contribution in [2.75, 3.05) is 7.11 Å². The minimum Gasteiger partial charge on any atom is -0.494 e. The van der Waals surface area contributed by atoms with Crippen molar-refractivity contribution in [3.8, 4) is 5.75 Å². The van der Waals surface area contributed by atoms with Crippen LogP contribution in [-0.4, -0.2) is 15.5 Å². The molecule has 0 unspecified atom stereocenters. The van der Waals surface area contributed by atoms with Crippen LogP contribution in [-0.2, 0) is 15.6 Å². The van der Waals surface area contributed by atoms with Crippen molar-refractivity contribution in [3.63, 3.8) is 0 Å². The van der Waals surface area contributed by atoms with Gasteiger partial charge in [0.1, 0.15) is 16.9 Å². The Kier molecular flexibility index (Phi) is 5.74. The maximum atomic E-state index is 14.0. The third-order valence-electron chi connectivity index (χ3n) is 4.29. The molecule has 3 aromatic rings. The van der Waals surface area contributed by atoms with Crippen molar-refractivity contribution in [3.05, 3.63) is 101 Å². The standard InChI is InChI=1S/C21H17F3O3S/c1-27-20-11-2-14(12-19(20)24)13-28(25,26)21(15-3-7-17(22)8-4-15)16-5-9-18(23)10-6-16/h2-12,21H,13H2,1H3. The Morgan fingerprint density at radius 1 is 0.821 bits per heavy atom. The summed E-state index contributed by atoms with van der Waals surface area (Å²) in [6.45, 7) is 0. The third kappa shape index (κ3) is 4.36. The van der Waals surface area contributed by atoms with Gasteiger partial charge in [0, 0.05) is 0 Å². The molecule has 0 bridgehead atoms. The fourth-order valence-electron chi connectivity index (χ4n) is 3.00. The summed E-state index contributed by atoms with van der Waals surface area (Å²) in [4.78, 5) is 0. The van der Waals surface area contributed by atoms with Crippen LogP contribution in [0.2, 0.25) is 0 Å². The first-order valence-corrected chi connectivity index (χ1v) is 10.1. The Balaban J connectivity index is 2.04. The summed E-state index contributed by atoms with van der Waals surface area (Å²) in [7, 11) is -2.58. The van der Waals surface area contributed by atoms with Crippen molar-refractivity contribution in [1.29, 1.82) is 0 Å². The molecule has 0 amide bonds. The summed E-state index contributed by atoms with van der Waals surface area (Å²) in [5.74, 6) is -2.12. The molecule has 0 heterocycles. The van der Waals surface area contributed by atoms with Crippen molar-refractivity contribution >= 4 is 9.84 Å². The largest absolute Gasteiger partial charge is 0.494 e. The number of benzene rings is 3. The maximum Gasteiger partial charge on any atom is 0.165 e. The van der Waals surface area contributed by atoms with Crippen LogP contribution in [0.1, 0.15) is 21.9 Å². The van der Waals surface area contributed by atoms with E-state index in [4.69, 9.17) is 4.74 Å². The van der Waals surface area contributed by atoms with Gasteiger partial charge in [-0.05, 0) is 53.1 Å². The number of halogens is 3. The highest BCUT2D eigenvalue weighted by Gasteiger charge is 2.29. The summed E-state index contributed by atoms with van der Waals surface area (Å²) in [5.41, 5.74) is 0.913. The van der Waals surface area contributed by atoms with Crippen molar-refractivity contribution < 1.29 is 26.3 Å². The van der Waals surface area contributed by atoms with Gasteiger partial charge in [-0.25, -0.2) is 21.6 Å². The highest BCUT2D eigenvalue weighted by atomic mass is 32.2. The Bertz CT molecular complexity index is 1020. The summed E-state index contributed by atoms with van der Waals surface area (Å²) in [6.07, 6.45) is 0. The fourth-order valence-corrected chi connectivity index (χ4v) is 4.95. The van der Waals surface area contributed by atoms with Crippen molar-refractivity contribution in [2.24, 2.45) is 0 Å². The number of hydrogen-bond donors (Lipinski definition) is 0. The van der Waals surface area contributed by atoms with E-state index in [1.54, 1.807) is 0 Å². The molecule has 0 aromatic heterocycles. The summed E-state index contributed by atoms with van der Waals surface area (Å²) < 4.78 is 71.8. The van der Waals surface area contributed by atoms with Gasteiger partial charge >= 0.3 is 0 Å². The number of rotatable bonds is 6. The van der Waals surface area contributed by atoms with E-state index in [1.165, 1.54) is 43.5 Å². The lowest BCUT2D eigenvalue weighted by molar-refractivity contribution is 0.386. The first kappa shape index (κ1) is 19.9. The predicted molar refractivity (Wildman–Crippen MR) is 100 cm³/mol. The Morgan fingerprint density at radius 2 is 1.32 bits per heavy atom. The predicted octanol–water partition coefficient (Wildman–Crippen LogP) is 4.82. The minimum atomic E-state index is -3.90. The molecule has 0 N–H and O–H groups in total. The molecular formula is C21H17F3O3S. The molecule has 0 fully saturated rings. The van der Waals surface area contributed by atoms with Crippen molar-refractivity contribution in [1.82, 2.24) is 0 Å². The molecule has 3 aromatic carbocycles. The van der Waals surface area contributed by atoms with Gasteiger partial charge in [0.2, 0.25) is 0 Å².